The molecule has 5 heteroatoms. The molecule has 3 aromatic rings. The maximum absolute atomic E-state index is 12.6. The van der Waals surface area contributed by atoms with Crippen LogP contribution in [-0.4, -0.2) is 30.6 Å². The molecule has 4 rings (SSSR count). The molecule has 1 amide bonds. The van der Waals surface area contributed by atoms with E-state index in [-0.39, 0.29) is 5.91 Å². The number of piperidine rings is 1. The first-order valence-electron chi connectivity index (χ1n) is 10.7. The third kappa shape index (κ3) is 4.40. The number of benzene rings is 2. The zero-order valence-electron chi connectivity index (χ0n) is 17.9. The molecular formula is C25H29N3O2. The van der Waals surface area contributed by atoms with Crippen LogP contribution in [0.5, 0.6) is 5.75 Å². The zero-order valence-corrected chi connectivity index (χ0v) is 17.9. The fraction of sp³-hybridized carbons (Fsp3) is 0.360. The highest BCUT2D eigenvalue weighted by Gasteiger charge is 2.18. The average molecular weight is 404 g/mol. The number of aryl methyl sites for hydroxylation is 1. The maximum atomic E-state index is 12.6. The molecule has 0 unspecified atom stereocenters. The molecule has 0 bridgehead atoms. The summed E-state index contributed by atoms with van der Waals surface area (Å²) in [5.41, 5.74) is 3.50. The second kappa shape index (κ2) is 8.74. The number of nitrogens with zero attached hydrogens (tertiary/aromatic N) is 2. The third-order valence-electron chi connectivity index (χ3n) is 5.80. The minimum absolute atomic E-state index is 0.137. The highest BCUT2D eigenvalue weighted by molar-refractivity contribution is 6.05. The lowest BCUT2D eigenvalue weighted by atomic mass is 9.99. The molecule has 1 N–H and O–H groups in total. The Morgan fingerprint density at radius 2 is 1.87 bits per heavy atom. The predicted molar refractivity (Wildman–Crippen MR) is 123 cm³/mol. The Kier molecular flexibility index (Phi) is 5.88. The number of carbonyl (C=O) groups excluding carboxylic acids is 1. The van der Waals surface area contributed by atoms with Crippen molar-refractivity contribution in [1.82, 2.24) is 4.98 Å². The molecule has 1 aliphatic heterocycles. The van der Waals surface area contributed by atoms with Crippen molar-refractivity contribution in [3.05, 3.63) is 59.7 Å². The first kappa shape index (κ1) is 20.2. The van der Waals surface area contributed by atoms with Crippen LogP contribution in [0.1, 0.15) is 42.6 Å². The van der Waals surface area contributed by atoms with E-state index in [1.54, 1.807) is 12.1 Å². The van der Waals surface area contributed by atoms with Gasteiger partial charge in [0, 0.05) is 29.7 Å². The summed E-state index contributed by atoms with van der Waals surface area (Å²) in [4.78, 5) is 19.9. The summed E-state index contributed by atoms with van der Waals surface area (Å²) in [7, 11) is 0. The highest BCUT2D eigenvalue weighted by Crippen LogP contribution is 2.28. The van der Waals surface area contributed by atoms with E-state index in [4.69, 9.17) is 9.72 Å². The lowest BCUT2D eigenvalue weighted by molar-refractivity contribution is 0.102. The molecule has 156 valence electrons. The first-order chi connectivity index (χ1) is 14.5. The maximum Gasteiger partial charge on any atom is 0.255 e. The minimum atomic E-state index is -0.137. The zero-order chi connectivity index (χ0) is 21.1. The van der Waals surface area contributed by atoms with Gasteiger partial charge in [-0.15, -0.1) is 0 Å². The van der Waals surface area contributed by atoms with E-state index in [1.165, 1.54) is 18.4 Å². The summed E-state index contributed by atoms with van der Waals surface area (Å²) < 4.78 is 5.44. The number of amides is 1. The second-order valence-corrected chi connectivity index (χ2v) is 8.11. The van der Waals surface area contributed by atoms with Gasteiger partial charge in [0.2, 0.25) is 0 Å². The molecule has 1 fully saturated rings. The summed E-state index contributed by atoms with van der Waals surface area (Å²) in [6.45, 7) is 9.10. The van der Waals surface area contributed by atoms with Gasteiger partial charge in [-0.2, -0.15) is 0 Å². The van der Waals surface area contributed by atoms with E-state index < -0.39 is 0 Å². The lowest BCUT2D eigenvalue weighted by Crippen LogP contribution is -2.33. The molecule has 1 saturated heterocycles. The van der Waals surface area contributed by atoms with Crippen LogP contribution < -0.4 is 15.0 Å². The van der Waals surface area contributed by atoms with Gasteiger partial charge < -0.3 is 15.0 Å². The monoisotopic (exact) mass is 403 g/mol. The van der Waals surface area contributed by atoms with Gasteiger partial charge in [-0.25, -0.2) is 4.98 Å². The van der Waals surface area contributed by atoms with E-state index in [0.717, 1.165) is 47.2 Å². The fourth-order valence-electron chi connectivity index (χ4n) is 3.93. The number of rotatable bonds is 5. The summed E-state index contributed by atoms with van der Waals surface area (Å²) in [5.74, 6) is 2.48. The first-order valence-corrected chi connectivity index (χ1v) is 10.7. The second-order valence-electron chi connectivity index (χ2n) is 8.11. The van der Waals surface area contributed by atoms with Crippen molar-refractivity contribution in [1.29, 1.82) is 0 Å². The lowest BCUT2D eigenvalue weighted by Gasteiger charge is -2.31. The largest absolute Gasteiger partial charge is 0.494 e. The Morgan fingerprint density at radius 3 is 2.57 bits per heavy atom. The smallest absolute Gasteiger partial charge is 0.255 e. The van der Waals surface area contributed by atoms with Gasteiger partial charge in [-0.1, -0.05) is 6.92 Å². The molecule has 0 radical (unpaired) electrons. The SMILES string of the molecule is CCOc1ccc(C(=O)Nc2ccc3nc(N4CCC(C)CC4)cc(C)c3c2)cc1. The Hall–Kier alpha value is -3.08. The summed E-state index contributed by atoms with van der Waals surface area (Å²) in [6.07, 6.45) is 2.44. The quantitative estimate of drug-likeness (QED) is 0.617. The van der Waals surface area contributed by atoms with Crippen LogP contribution in [0.2, 0.25) is 0 Å². The van der Waals surface area contributed by atoms with Crippen LogP contribution in [0.4, 0.5) is 11.5 Å². The Bertz CT molecular complexity index is 1040. The number of carbonyl (C=O) groups is 1. The van der Waals surface area contributed by atoms with Crippen LogP contribution in [0, 0.1) is 12.8 Å². The van der Waals surface area contributed by atoms with Crippen molar-refractivity contribution in [3.63, 3.8) is 0 Å². The minimum Gasteiger partial charge on any atom is -0.494 e. The fourth-order valence-corrected chi connectivity index (χ4v) is 3.93. The average Bonchev–Trinajstić information content (AvgIpc) is 2.75. The van der Waals surface area contributed by atoms with Crippen molar-refractivity contribution >= 4 is 28.3 Å². The van der Waals surface area contributed by atoms with E-state index in [1.807, 2.05) is 37.3 Å². The van der Waals surface area contributed by atoms with Crippen molar-refractivity contribution in [3.8, 4) is 5.75 Å². The van der Waals surface area contributed by atoms with Crippen molar-refractivity contribution in [2.45, 2.75) is 33.6 Å². The van der Waals surface area contributed by atoms with Gasteiger partial charge in [0.05, 0.1) is 12.1 Å². The van der Waals surface area contributed by atoms with Gasteiger partial charge in [-0.3, -0.25) is 4.79 Å². The number of hydrogen-bond donors (Lipinski definition) is 1. The van der Waals surface area contributed by atoms with Crippen molar-refractivity contribution in [2.24, 2.45) is 5.92 Å². The van der Waals surface area contributed by atoms with Crippen molar-refractivity contribution in [2.75, 3.05) is 29.9 Å². The van der Waals surface area contributed by atoms with Crippen LogP contribution in [0.25, 0.3) is 10.9 Å². The van der Waals surface area contributed by atoms with E-state index in [0.29, 0.717) is 12.2 Å². The Morgan fingerprint density at radius 1 is 1.13 bits per heavy atom. The number of anilines is 2. The van der Waals surface area contributed by atoms with Crippen LogP contribution in [-0.2, 0) is 0 Å². The van der Waals surface area contributed by atoms with E-state index in [9.17, 15) is 4.79 Å². The molecule has 0 saturated carbocycles. The Balaban J connectivity index is 1.52. The van der Waals surface area contributed by atoms with Gasteiger partial charge in [0.1, 0.15) is 11.6 Å². The summed E-state index contributed by atoms with van der Waals surface area (Å²) >= 11 is 0. The summed E-state index contributed by atoms with van der Waals surface area (Å²) in [5, 5.41) is 4.06. The number of aromatic nitrogens is 1. The molecule has 0 aliphatic carbocycles. The number of hydrogen-bond acceptors (Lipinski definition) is 4. The van der Waals surface area contributed by atoms with Crippen LogP contribution >= 0.6 is 0 Å². The van der Waals surface area contributed by atoms with E-state index in [2.05, 4.69) is 30.1 Å². The van der Waals surface area contributed by atoms with Gasteiger partial charge >= 0.3 is 0 Å². The topological polar surface area (TPSA) is 54.5 Å². The standard InChI is InChI=1S/C25H29N3O2/c1-4-30-21-8-5-19(6-9-21)25(29)26-20-7-10-23-22(16-20)18(3)15-24(27-23)28-13-11-17(2)12-14-28/h5-10,15-17H,4,11-14H2,1-3H3,(H,26,29). The number of pyridine rings is 1. The molecule has 30 heavy (non-hydrogen) atoms. The normalized spacial score (nSPS) is 14.7. The molecule has 5 nitrogen and oxygen atoms in total. The van der Waals surface area contributed by atoms with Crippen LogP contribution in [0.15, 0.2) is 48.5 Å². The highest BCUT2D eigenvalue weighted by atomic mass is 16.5. The molecule has 1 aliphatic rings. The molecular weight excluding hydrogens is 374 g/mol. The molecule has 2 heterocycles. The van der Waals surface area contributed by atoms with Crippen molar-refractivity contribution < 1.29 is 9.53 Å². The Labute approximate surface area is 178 Å². The third-order valence-corrected chi connectivity index (χ3v) is 5.80. The number of ether oxygens (including phenoxy) is 1. The molecule has 1 aromatic heterocycles. The van der Waals surface area contributed by atoms with Crippen LogP contribution in [0.3, 0.4) is 0 Å². The summed E-state index contributed by atoms with van der Waals surface area (Å²) in [6, 6.07) is 15.3. The molecule has 2 aromatic carbocycles. The van der Waals surface area contributed by atoms with Gasteiger partial charge in [0.25, 0.3) is 5.91 Å². The van der Waals surface area contributed by atoms with Gasteiger partial charge in [0.15, 0.2) is 0 Å². The molecule has 0 atom stereocenters. The molecule has 0 spiro atoms. The van der Waals surface area contributed by atoms with Gasteiger partial charge in [-0.05, 0) is 86.7 Å². The predicted octanol–water partition coefficient (Wildman–Crippen LogP) is 5.43. The number of nitrogens with one attached hydrogen (secondary N) is 1. The number of fused-ring (bicyclic) bond motifs is 1. The van der Waals surface area contributed by atoms with E-state index >= 15 is 0 Å².